The summed E-state index contributed by atoms with van der Waals surface area (Å²) in [6.45, 7) is 4.44. The number of rotatable bonds is 4. The third kappa shape index (κ3) is 3.74. The largest absolute Gasteiger partial charge is 0.373 e. The first-order chi connectivity index (χ1) is 6.12. The highest BCUT2D eigenvalue weighted by atomic mass is 16.5. The molecule has 0 spiro atoms. The summed E-state index contributed by atoms with van der Waals surface area (Å²) in [4.78, 5) is 10.5. The average molecular weight is 186 g/mol. The molecule has 1 heterocycles. The Morgan fingerprint density at radius 2 is 2.46 bits per heavy atom. The van der Waals surface area contributed by atoms with Crippen LogP contribution in [-0.2, 0) is 9.53 Å². The molecule has 1 rings (SSSR count). The summed E-state index contributed by atoms with van der Waals surface area (Å²) in [6.07, 6.45) is 2.50. The number of nitrogens with two attached hydrogens (primary N) is 1. The molecule has 76 valence electrons. The smallest absolute Gasteiger partial charge is 0.219 e. The molecule has 1 amide bonds. The molecule has 1 fully saturated rings. The van der Waals surface area contributed by atoms with Crippen molar-refractivity contribution in [1.82, 2.24) is 5.32 Å². The van der Waals surface area contributed by atoms with Gasteiger partial charge in [-0.2, -0.15) is 0 Å². The van der Waals surface area contributed by atoms with E-state index in [-0.39, 0.29) is 11.5 Å². The van der Waals surface area contributed by atoms with Gasteiger partial charge in [0, 0.05) is 13.0 Å². The Morgan fingerprint density at radius 3 is 3.00 bits per heavy atom. The number of carbonyl (C=O) groups is 1. The maximum absolute atomic E-state index is 10.5. The lowest BCUT2D eigenvalue weighted by molar-refractivity contribution is -0.121. The Bertz CT molecular complexity index is 176. The molecule has 1 saturated heterocycles. The predicted molar refractivity (Wildman–Crippen MR) is 50.3 cm³/mol. The van der Waals surface area contributed by atoms with Crippen LogP contribution in [-0.4, -0.2) is 31.2 Å². The van der Waals surface area contributed by atoms with Crippen molar-refractivity contribution in [2.45, 2.75) is 31.8 Å². The van der Waals surface area contributed by atoms with Crippen molar-refractivity contribution in [2.24, 2.45) is 5.73 Å². The predicted octanol–water partition coefficient (Wildman–Crippen LogP) is 0.0205. The Kier molecular flexibility index (Phi) is 3.69. The van der Waals surface area contributed by atoms with Crippen molar-refractivity contribution >= 4 is 5.91 Å². The second kappa shape index (κ2) is 4.58. The Morgan fingerprint density at radius 1 is 1.69 bits per heavy atom. The van der Waals surface area contributed by atoms with Gasteiger partial charge in [0.1, 0.15) is 0 Å². The molecule has 1 unspecified atom stereocenters. The minimum absolute atomic E-state index is 0.103. The maximum atomic E-state index is 10.5. The minimum atomic E-state index is -0.299. The van der Waals surface area contributed by atoms with Crippen molar-refractivity contribution in [2.75, 3.05) is 19.7 Å². The highest BCUT2D eigenvalue weighted by Crippen LogP contribution is 2.19. The van der Waals surface area contributed by atoms with Crippen LogP contribution in [0, 0.1) is 0 Å². The molecule has 0 aromatic heterocycles. The van der Waals surface area contributed by atoms with Crippen molar-refractivity contribution < 1.29 is 9.53 Å². The van der Waals surface area contributed by atoms with Gasteiger partial charge in [0.2, 0.25) is 5.91 Å². The number of hydrogen-bond acceptors (Lipinski definition) is 3. The number of amides is 1. The number of carbonyl (C=O) groups excluding carboxylic acids is 1. The lowest BCUT2D eigenvalue weighted by Gasteiger charge is -2.34. The highest BCUT2D eigenvalue weighted by Gasteiger charge is 2.27. The molecule has 1 atom stereocenters. The monoisotopic (exact) mass is 186 g/mol. The molecule has 4 nitrogen and oxygen atoms in total. The van der Waals surface area contributed by atoms with Crippen LogP contribution in [0.15, 0.2) is 0 Å². The topological polar surface area (TPSA) is 64.3 Å². The second-order valence-corrected chi connectivity index (χ2v) is 3.80. The number of piperidine rings is 1. The van der Waals surface area contributed by atoms with E-state index in [1.54, 1.807) is 0 Å². The van der Waals surface area contributed by atoms with Gasteiger partial charge in [0.25, 0.3) is 0 Å². The fourth-order valence-electron chi connectivity index (χ4n) is 1.55. The third-order valence-corrected chi connectivity index (χ3v) is 2.36. The molecule has 0 aromatic carbocycles. The molecule has 0 aromatic rings. The van der Waals surface area contributed by atoms with Crippen LogP contribution in [0.3, 0.4) is 0 Å². The summed E-state index contributed by atoms with van der Waals surface area (Å²) in [7, 11) is 0. The van der Waals surface area contributed by atoms with Gasteiger partial charge in [-0.3, -0.25) is 4.79 Å². The van der Waals surface area contributed by atoms with Crippen molar-refractivity contribution in [3.8, 4) is 0 Å². The van der Waals surface area contributed by atoms with Gasteiger partial charge in [-0.05, 0) is 26.3 Å². The van der Waals surface area contributed by atoms with Gasteiger partial charge in [-0.1, -0.05) is 0 Å². The number of ether oxygens (including phenoxy) is 1. The zero-order valence-electron chi connectivity index (χ0n) is 8.14. The summed E-state index contributed by atoms with van der Waals surface area (Å²) >= 11 is 0. The average Bonchev–Trinajstić information content (AvgIpc) is 2.04. The van der Waals surface area contributed by atoms with Gasteiger partial charge in [-0.15, -0.1) is 0 Å². The molecule has 1 aliphatic heterocycles. The third-order valence-electron chi connectivity index (χ3n) is 2.36. The van der Waals surface area contributed by atoms with E-state index in [9.17, 15) is 4.79 Å². The van der Waals surface area contributed by atoms with Gasteiger partial charge < -0.3 is 15.8 Å². The van der Waals surface area contributed by atoms with Gasteiger partial charge >= 0.3 is 0 Å². The zero-order valence-corrected chi connectivity index (χ0v) is 8.14. The summed E-state index contributed by atoms with van der Waals surface area (Å²) in [6, 6.07) is 0. The molecule has 3 N–H and O–H groups in total. The molecular formula is C9H18N2O2. The van der Waals surface area contributed by atoms with E-state index in [1.807, 2.05) is 0 Å². The van der Waals surface area contributed by atoms with Crippen LogP contribution < -0.4 is 11.1 Å². The van der Waals surface area contributed by atoms with Crippen molar-refractivity contribution in [1.29, 1.82) is 0 Å². The molecule has 0 saturated carbocycles. The first-order valence-corrected chi connectivity index (χ1v) is 4.75. The quantitative estimate of drug-likeness (QED) is 0.650. The van der Waals surface area contributed by atoms with Gasteiger partial charge in [-0.25, -0.2) is 0 Å². The molecule has 0 radical (unpaired) electrons. The lowest BCUT2D eigenvalue weighted by Crippen LogP contribution is -2.45. The standard InChI is InChI=1S/C9H18N2O2/c1-9(4-2-5-11-7-9)13-6-3-8(10)12/h11H,2-7H2,1H3,(H2,10,12). The van der Waals surface area contributed by atoms with E-state index in [4.69, 9.17) is 10.5 Å². The molecule has 0 bridgehead atoms. The van der Waals surface area contributed by atoms with Crippen LogP contribution in [0.25, 0.3) is 0 Å². The van der Waals surface area contributed by atoms with E-state index in [2.05, 4.69) is 12.2 Å². The maximum Gasteiger partial charge on any atom is 0.219 e. The molecule has 13 heavy (non-hydrogen) atoms. The normalized spacial score (nSPS) is 28.7. The molecule has 1 aliphatic rings. The van der Waals surface area contributed by atoms with Crippen molar-refractivity contribution in [3.05, 3.63) is 0 Å². The molecule has 4 heteroatoms. The fraction of sp³-hybridized carbons (Fsp3) is 0.889. The van der Waals surface area contributed by atoms with Gasteiger partial charge in [0.15, 0.2) is 0 Å². The van der Waals surface area contributed by atoms with E-state index < -0.39 is 0 Å². The van der Waals surface area contributed by atoms with E-state index in [1.165, 1.54) is 0 Å². The summed E-state index contributed by atoms with van der Waals surface area (Å²) < 4.78 is 5.62. The lowest BCUT2D eigenvalue weighted by atomic mass is 9.96. The van der Waals surface area contributed by atoms with E-state index in [0.29, 0.717) is 13.0 Å². The van der Waals surface area contributed by atoms with Crippen LogP contribution in [0.2, 0.25) is 0 Å². The summed E-state index contributed by atoms with van der Waals surface area (Å²) in [5.74, 6) is -0.299. The Balaban J connectivity index is 2.21. The zero-order chi connectivity index (χ0) is 9.73. The van der Waals surface area contributed by atoms with Crippen LogP contribution >= 0.6 is 0 Å². The minimum Gasteiger partial charge on any atom is -0.373 e. The van der Waals surface area contributed by atoms with Crippen molar-refractivity contribution in [3.63, 3.8) is 0 Å². The van der Waals surface area contributed by atoms with Crippen LogP contribution in [0.1, 0.15) is 26.2 Å². The van der Waals surface area contributed by atoms with Gasteiger partial charge in [0.05, 0.1) is 12.2 Å². The number of hydrogen-bond donors (Lipinski definition) is 2. The number of nitrogens with one attached hydrogen (secondary N) is 1. The Hall–Kier alpha value is -0.610. The molecule has 0 aliphatic carbocycles. The molecular weight excluding hydrogens is 168 g/mol. The highest BCUT2D eigenvalue weighted by molar-refractivity contribution is 5.73. The summed E-state index contributed by atoms with van der Waals surface area (Å²) in [5, 5.41) is 3.27. The SMILES string of the molecule is CC1(OCCC(N)=O)CCCNC1. The first-order valence-electron chi connectivity index (χ1n) is 4.75. The number of primary amides is 1. The Labute approximate surface area is 78.8 Å². The van der Waals surface area contributed by atoms with E-state index >= 15 is 0 Å². The fourth-order valence-corrected chi connectivity index (χ4v) is 1.55. The summed E-state index contributed by atoms with van der Waals surface area (Å²) in [5.41, 5.74) is 4.91. The van der Waals surface area contributed by atoms with Crippen LogP contribution in [0.5, 0.6) is 0 Å². The second-order valence-electron chi connectivity index (χ2n) is 3.80. The first kappa shape index (κ1) is 10.5. The van der Waals surface area contributed by atoms with E-state index in [0.717, 1.165) is 25.9 Å². The van der Waals surface area contributed by atoms with Crippen LogP contribution in [0.4, 0.5) is 0 Å².